The molecule has 2 aromatic rings. The third-order valence-electron chi connectivity index (χ3n) is 3.87. The van der Waals surface area contributed by atoms with Gasteiger partial charge in [0.05, 0.1) is 18.5 Å². The Morgan fingerprint density at radius 2 is 1.79 bits per heavy atom. The van der Waals surface area contributed by atoms with Gasteiger partial charge in [-0.1, -0.05) is 24.3 Å². The van der Waals surface area contributed by atoms with Crippen molar-refractivity contribution in [1.29, 1.82) is 0 Å². The van der Waals surface area contributed by atoms with Crippen LogP contribution in [0.15, 0.2) is 53.4 Å². The van der Waals surface area contributed by atoms with Crippen LogP contribution in [0.3, 0.4) is 0 Å². The highest BCUT2D eigenvalue weighted by atomic mass is 32.2. The third kappa shape index (κ3) is 3.07. The first-order chi connectivity index (χ1) is 11.5. The molecule has 0 spiro atoms. The maximum Gasteiger partial charge on any atom is 0.265 e. The fourth-order valence-corrected chi connectivity index (χ4v) is 3.98. The number of hydrogen-bond acceptors (Lipinski definition) is 4. The van der Waals surface area contributed by atoms with E-state index in [2.05, 4.69) is 4.72 Å². The van der Waals surface area contributed by atoms with Crippen molar-refractivity contribution in [1.82, 2.24) is 0 Å². The van der Waals surface area contributed by atoms with Crippen LogP contribution in [0.1, 0.15) is 12.8 Å². The van der Waals surface area contributed by atoms with Crippen LogP contribution in [0.4, 0.5) is 11.4 Å². The molecule has 126 valence electrons. The molecule has 1 N–H and O–H groups in total. The maximum absolute atomic E-state index is 12.7. The Hall–Kier alpha value is -2.54. The van der Waals surface area contributed by atoms with Crippen LogP contribution in [0.25, 0.3) is 0 Å². The molecule has 0 aromatic heterocycles. The average Bonchev–Trinajstić information content (AvgIpc) is 3.01. The van der Waals surface area contributed by atoms with Crippen molar-refractivity contribution in [2.75, 3.05) is 23.3 Å². The number of anilines is 2. The van der Waals surface area contributed by atoms with E-state index in [1.807, 2.05) is 0 Å². The van der Waals surface area contributed by atoms with Crippen molar-refractivity contribution in [3.05, 3.63) is 48.5 Å². The summed E-state index contributed by atoms with van der Waals surface area (Å²) in [6.45, 7) is 0.590. The molecular formula is C17H18N2O4S. The number of para-hydroxylation sites is 3. The maximum atomic E-state index is 12.7. The van der Waals surface area contributed by atoms with Crippen LogP contribution >= 0.6 is 0 Å². The lowest BCUT2D eigenvalue weighted by Crippen LogP contribution is -2.25. The second-order valence-electron chi connectivity index (χ2n) is 5.42. The number of rotatable bonds is 5. The molecule has 6 nitrogen and oxygen atoms in total. The van der Waals surface area contributed by atoms with E-state index >= 15 is 0 Å². The molecule has 0 bridgehead atoms. The van der Waals surface area contributed by atoms with E-state index in [1.165, 1.54) is 13.2 Å². The minimum Gasteiger partial charge on any atom is -0.495 e. The van der Waals surface area contributed by atoms with Gasteiger partial charge in [0.15, 0.2) is 0 Å². The van der Waals surface area contributed by atoms with Gasteiger partial charge in [-0.05, 0) is 30.7 Å². The number of hydrogen-bond donors (Lipinski definition) is 1. The van der Waals surface area contributed by atoms with Gasteiger partial charge in [0.1, 0.15) is 10.6 Å². The van der Waals surface area contributed by atoms with E-state index in [4.69, 9.17) is 4.74 Å². The normalized spacial score (nSPS) is 14.7. The molecule has 1 amide bonds. The van der Waals surface area contributed by atoms with Gasteiger partial charge in [-0.2, -0.15) is 0 Å². The SMILES string of the molecule is COc1ccccc1S(=O)(=O)Nc1ccccc1N1CCCC1=O. The summed E-state index contributed by atoms with van der Waals surface area (Å²) in [6.07, 6.45) is 1.25. The lowest BCUT2D eigenvalue weighted by molar-refractivity contribution is -0.117. The molecule has 2 aromatic carbocycles. The quantitative estimate of drug-likeness (QED) is 0.903. The summed E-state index contributed by atoms with van der Waals surface area (Å²) in [5.41, 5.74) is 0.942. The molecule has 1 saturated heterocycles. The van der Waals surface area contributed by atoms with Gasteiger partial charge in [-0.25, -0.2) is 8.42 Å². The highest BCUT2D eigenvalue weighted by molar-refractivity contribution is 7.92. The zero-order chi connectivity index (χ0) is 17.2. The second-order valence-corrected chi connectivity index (χ2v) is 7.07. The van der Waals surface area contributed by atoms with Crippen molar-refractivity contribution in [3.8, 4) is 5.75 Å². The van der Waals surface area contributed by atoms with Crippen LogP contribution < -0.4 is 14.4 Å². The first-order valence-corrected chi connectivity index (χ1v) is 9.06. The molecule has 0 saturated carbocycles. The van der Waals surface area contributed by atoms with E-state index in [9.17, 15) is 13.2 Å². The van der Waals surface area contributed by atoms with E-state index in [1.54, 1.807) is 47.4 Å². The first-order valence-electron chi connectivity index (χ1n) is 7.58. The van der Waals surface area contributed by atoms with Gasteiger partial charge in [0.25, 0.3) is 10.0 Å². The predicted octanol–water partition coefficient (Wildman–Crippen LogP) is 2.62. The Bertz CT molecular complexity index is 864. The molecule has 0 unspecified atom stereocenters. The number of methoxy groups -OCH3 is 1. The summed E-state index contributed by atoms with van der Waals surface area (Å²) in [6, 6.07) is 13.3. The molecule has 0 radical (unpaired) electrons. The van der Waals surface area contributed by atoms with E-state index in [0.29, 0.717) is 24.3 Å². The molecule has 0 aliphatic carbocycles. The monoisotopic (exact) mass is 346 g/mol. The van der Waals surface area contributed by atoms with Crippen molar-refractivity contribution < 1.29 is 17.9 Å². The summed E-state index contributed by atoms with van der Waals surface area (Å²) in [7, 11) is -2.42. The van der Waals surface area contributed by atoms with E-state index < -0.39 is 10.0 Å². The number of carbonyl (C=O) groups is 1. The predicted molar refractivity (Wildman–Crippen MR) is 91.8 cm³/mol. The topological polar surface area (TPSA) is 75.7 Å². The second kappa shape index (κ2) is 6.52. The third-order valence-corrected chi connectivity index (χ3v) is 5.28. The number of carbonyl (C=O) groups excluding carboxylic acids is 1. The van der Waals surface area contributed by atoms with Crippen LogP contribution in [0.2, 0.25) is 0 Å². The van der Waals surface area contributed by atoms with Gasteiger partial charge in [-0.3, -0.25) is 9.52 Å². The van der Waals surface area contributed by atoms with Crippen LogP contribution in [0, 0.1) is 0 Å². The summed E-state index contributed by atoms with van der Waals surface area (Å²) >= 11 is 0. The Balaban J connectivity index is 1.98. The number of nitrogens with zero attached hydrogens (tertiary/aromatic N) is 1. The summed E-state index contributed by atoms with van der Waals surface area (Å²) in [4.78, 5) is 13.7. The van der Waals surface area contributed by atoms with Crippen molar-refractivity contribution in [3.63, 3.8) is 0 Å². The zero-order valence-corrected chi connectivity index (χ0v) is 14.0. The van der Waals surface area contributed by atoms with Crippen molar-refractivity contribution in [2.45, 2.75) is 17.7 Å². The van der Waals surface area contributed by atoms with Crippen LogP contribution in [0.5, 0.6) is 5.75 Å². The summed E-state index contributed by atoms with van der Waals surface area (Å²) in [5, 5.41) is 0. The summed E-state index contributed by atoms with van der Waals surface area (Å²) < 4.78 is 33.2. The average molecular weight is 346 g/mol. The van der Waals surface area contributed by atoms with Crippen LogP contribution in [-0.2, 0) is 14.8 Å². The molecule has 0 atom stereocenters. The number of amides is 1. The smallest absolute Gasteiger partial charge is 0.265 e. The van der Waals surface area contributed by atoms with E-state index in [0.717, 1.165) is 6.42 Å². The fourth-order valence-electron chi connectivity index (χ4n) is 2.74. The van der Waals surface area contributed by atoms with Gasteiger partial charge in [0, 0.05) is 13.0 Å². The minimum absolute atomic E-state index is 0.000982. The number of nitrogens with one attached hydrogen (secondary N) is 1. The van der Waals surface area contributed by atoms with Gasteiger partial charge in [-0.15, -0.1) is 0 Å². The van der Waals surface area contributed by atoms with Gasteiger partial charge in [0.2, 0.25) is 5.91 Å². The van der Waals surface area contributed by atoms with Crippen molar-refractivity contribution in [2.24, 2.45) is 0 Å². The molecular weight excluding hydrogens is 328 g/mol. The number of ether oxygens (including phenoxy) is 1. The largest absolute Gasteiger partial charge is 0.495 e. The summed E-state index contributed by atoms with van der Waals surface area (Å²) in [5.74, 6) is 0.263. The lowest BCUT2D eigenvalue weighted by Gasteiger charge is -2.20. The molecule has 1 aliphatic rings. The van der Waals surface area contributed by atoms with Gasteiger partial charge < -0.3 is 9.64 Å². The zero-order valence-electron chi connectivity index (χ0n) is 13.2. The molecule has 24 heavy (non-hydrogen) atoms. The lowest BCUT2D eigenvalue weighted by atomic mass is 10.2. The highest BCUT2D eigenvalue weighted by Crippen LogP contribution is 2.32. The Labute approximate surface area is 141 Å². The highest BCUT2D eigenvalue weighted by Gasteiger charge is 2.26. The standard InChI is InChI=1S/C17H18N2O4S/c1-23-15-9-4-5-10-16(15)24(21,22)18-13-7-2-3-8-14(13)19-12-6-11-17(19)20/h2-5,7-10,18H,6,11-12H2,1H3. The Morgan fingerprint density at radius 1 is 1.08 bits per heavy atom. The molecule has 1 aliphatic heterocycles. The number of sulfonamides is 1. The Kier molecular flexibility index (Phi) is 4.44. The van der Waals surface area contributed by atoms with Crippen molar-refractivity contribution >= 4 is 27.3 Å². The molecule has 1 heterocycles. The minimum atomic E-state index is -3.84. The molecule has 3 rings (SSSR count). The molecule has 1 fully saturated rings. The van der Waals surface area contributed by atoms with Gasteiger partial charge >= 0.3 is 0 Å². The fraction of sp³-hybridized carbons (Fsp3) is 0.235. The van der Waals surface area contributed by atoms with E-state index in [-0.39, 0.29) is 16.6 Å². The number of benzene rings is 2. The molecule has 7 heteroatoms. The van der Waals surface area contributed by atoms with Crippen LogP contribution in [-0.4, -0.2) is 28.0 Å². The Morgan fingerprint density at radius 3 is 2.50 bits per heavy atom. The first kappa shape index (κ1) is 16.3.